The Kier molecular flexibility index (Phi) is 6.15. The van der Waals surface area contributed by atoms with Crippen molar-refractivity contribution < 1.29 is 4.79 Å². The smallest absolute Gasteiger partial charge is 0.234 e. The number of carbonyl (C=O) groups is 1. The lowest BCUT2D eigenvalue weighted by molar-refractivity contribution is -0.121. The van der Waals surface area contributed by atoms with Crippen molar-refractivity contribution in [2.75, 3.05) is 0 Å². The summed E-state index contributed by atoms with van der Waals surface area (Å²) in [5.74, 6) is 1.18. The molecule has 130 valence electrons. The molecule has 1 N–H and O–H groups in total. The Balaban J connectivity index is 1.65. The maximum absolute atomic E-state index is 12.7. The predicted molar refractivity (Wildman–Crippen MR) is 107 cm³/mol. The number of hydrogen-bond donors (Lipinski definition) is 1. The summed E-state index contributed by atoms with van der Waals surface area (Å²) in [4.78, 5) is 21.5. The number of nitrogens with one attached hydrogen (secondary N) is 1. The van der Waals surface area contributed by atoms with Gasteiger partial charge >= 0.3 is 0 Å². The fourth-order valence-electron chi connectivity index (χ4n) is 2.47. The molecule has 0 bridgehead atoms. The van der Waals surface area contributed by atoms with Crippen LogP contribution in [-0.2, 0) is 17.1 Å². The lowest BCUT2D eigenvalue weighted by atomic mass is 10.1. The van der Waals surface area contributed by atoms with E-state index in [1.165, 1.54) is 5.56 Å². The normalized spacial score (nSPS) is 14.6. The molecule has 1 aromatic carbocycles. The highest BCUT2D eigenvalue weighted by atomic mass is 32.2. The maximum atomic E-state index is 12.7. The Bertz CT molecular complexity index is 762. The van der Waals surface area contributed by atoms with Crippen LogP contribution in [0, 0.1) is 5.92 Å². The van der Waals surface area contributed by atoms with Gasteiger partial charge in [-0.15, -0.1) is 0 Å². The third-order valence-electron chi connectivity index (χ3n) is 3.84. The number of aromatic nitrogens is 1. The van der Waals surface area contributed by atoms with E-state index >= 15 is 0 Å². The Labute approximate surface area is 156 Å². The number of para-hydroxylation sites is 1. The van der Waals surface area contributed by atoms with Gasteiger partial charge < -0.3 is 5.32 Å². The maximum Gasteiger partial charge on any atom is 0.234 e. The van der Waals surface area contributed by atoms with Crippen molar-refractivity contribution in [1.29, 1.82) is 0 Å². The molecule has 2 heterocycles. The molecular formula is C19H21N3OS2. The van der Waals surface area contributed by atoms with Gasteiger partial charge in [0.2, 0.25) is 5.91 Å². The van der Waals surface area contributed by atoms with Crippen LogP contribution in [0.5, 0.6) is 0 Å². The number of nitrogens with zero attached hydrogens (tertiary/aromatic N) is 2. The zero-order valence-electron chi connectivity index (χ0n) is 14.3. The molecule has 1 aliphatic rings. The van der Waals surface area contributed by atoms with Crippen molar-refractivity contribution in [3.63, 3.8) is 0 Å². The van der Waals surface area contributed by atoms with Crippen molar-refractivity contribution >= 4 is 39.5 Å². The van der Waals surface area contributed by atoms with Gasteiger partial charge in [-0.2, -0.15) is 0 Å². The van der Waals surface area contributed by atoms with Gasteiger partial charge in [0.1, 0.15) is 4.38 Å². The molecule has 2 aromatic rings. The van der Waals surface area contributed by atoms with Crippen LogP contribution in [0.25, 0.3) is 0 Å². The van der Waals surface area contributed by atoms with Gasteiger partial charge in [0, 0.05) is 24.7 Å². The molecule has 0 aliphatic carbocycles. The van der Waals surface area contributed by atoms with E-state index in [4.69, 9.17) is 4.99 Å². The zero-order valence-corrected chi connectivity index (χ0v) is 15.9. The van der Waals surface area contributed by atoms with Crippen molar-refractivity contribution in [2.45, 2.75) is 31.4 Å². The van der Waals surface area contributed by atoms with E-state index in [0.717, 1.165) is 21.4 Å². The quantitative estimate of drug-likeness (QED) is 0.847. The first-order valence-corrected chi connectivity index (χ1v) is 10.1. The number of hydrogen-bond acceptors (Lipinski definition) is 5. The molecule has 4 nitrogen and oxygen atoms in total. The number of aliphatic imine (C=N–C) groups is 1. The van der Waals surface area contributed by atoms with Gasteiger partial charge in [-0.25, -0.2) is 4.99 Å². The summed E-state index contributed by atoms with van der Waals surface area (Å²) in [6.45, 7) is 4.64. The van der Waals surface area contributed by atoms with Crippen molar-refractivity contribution in [3.05, 3.63) is 59.9 Å². The van der Waals surface area contributed by atoms with E-state index in [1.807, 2.05) is 30.3 Å². The number of pyridine rings is 1. The van der Waals surface area contributed by atoms with Crippen molar-refractivity contribution in [2.24, 2.45) is 10.9 Å². The Hall–Kier alpha value is -1.79. The summed E-state index contributed by atoms with van der Waals surface area (Å²) < 4.78 is 0.967. The summed E-state index contributed by atoms with van der Waals surface area (Å²) in [5, 5.41) is 2.87. The molecule has 0 radical (unpaired) electrons. The third-order valence-corrected chi connectivity index (χ3v) is 6.58. The minimum Gasteiger partial charge on any atom is -0.351 e. The molecular weight excluding hydrogens is 350 g/mol. The number of fused-ring (bicyclic) bond motifs is 1. The second kappa shape index (κ2) is 8.54. The Morgan fingerprint density at radius 1 is 1.28 bits per heavy atom. The van der Waals surface area contributed by atoms with Gasteiger partial charge in [-0.05, 0) is 29.2 Å². The highest BCUT2D eigenvalue weighted by Crippen LogP contribution is 2.37. The first kappa shape index (κ1) is 18.0. The van der Waals surface area contributed by atoms with Crippen LogP contribution in [0.2, 0.25) is 0 Å². The number of benzene rings is 1. The van der Waals surface area contributed by atoms with Crippen LogP contribution < -0.4 is 5.32 Å². The van der Waals surface area contributed by atoms with E-state index in [1.54, 1.807) is 35.9 Å². The molecule has 1 amide bonds. The van der Waals surface area contributed by atoms with E-state index in [9.17, 15) is 4.79 Å². The monoisotopic (exact) mass is 371 g/mol. The predicted octanol–water partition coefficient (Wildman–Crippen LogP) is 4.39. The van der Waals surface area contributed by atoms with Gasteiger partial charge in [0.25, 0.3) is 0 Å². The summed E-state index contributed by atoms with van der Waals surface area (Å²) in [6.07, 6.45) is 3.50. The van der Waals surface area contributed by atoms with E-state index in [2.05, 4.69) is 30.2 Å². The average molecular weight is 372 g/mol. The van der Waals surface area contributed by atoms with Crippen molar-refractivity contribution in [1.82, 2.24) is 10.3 Å². The average Bonchev–Trinajstić information content (AvgIpc) is 2.64. The summed E-state index contributed by atoms with van der Waals surface area (Å²) in [6, 6.07) is 12.0. The van der Waals surface area contributed by atoms with Crippen LogP contribution in [0.15, 0.2) is 53.8 Å². The van der Waals surface area contributed by atoms with Gasteiger partial charge in [0.15, 0.2) is 0 Å². The zero-order chi connectivity index (χ0) is 17.6. The second-order valence-corrected chi connectivity index (χ2v) is 8.51. The minimum absolute atomic E-state index is 0.0472. The number of carbonyl (C=O) groups excluding carboxylic acids is 1. The number of thioether (sulfide) groups is 2. The van der Waals surface area contributed by atoms with Crippen LogP contribution >= 0.6 is 23.5 Å². The van der Waals surface area contributed by atoms with Gasteiger partial charge in [0.05, 0.1) is 10.9 Å². The van der Waals surface area contributed by atoms with Crippen LogP contribution in [-0.4, -0.2) is 20.5 Å². The minimum atomic E-state index is -0.159. The number of amides is 1. The van der Waals surface area contributed by atoms with Crippen molar-refractivity contribution in [3.8, 4) is 0 Å². The first-order valence-electron chi connectivity index (χ1n) is 8.26. The SMILES string of the molecule is CC(C)C(SC1=Nc2ccccc2CS1)C(=O)NCc1cccnc1. The molecule has 1 atom stereocenters. The lowest BCUT2D eigenvalue weighted by Gasteiger charge is -2.22. The third kappa shape index (κ3) is 4.86. The molecule has 25 heavy (non-hydrogen) atoms. The molecule has 0 spiro atoms. The Morgan fingerprint density at radius 2 is 2.12 bits per heavy atom. The van der Waals surface area contributed by atoms with Crippen LogP contribution in [0.4, 0.5) is 5.69 Å². The summed E-state index contributed by atoms with van der Waals surface area (Å²) >= 11 is 3.27. The topological polar surface area (TPSA) is 54.4 Å². The van der Waals surface area contributed by atoms with Gasteiger partial charge in [-0.1, -0.05) is 61.6 Å². The molecule has 0 fully saturated rings. The molecule has 6 heteroatoms. The molecule has 1 unspecified atom stereocenters. The summed E-state index contributed by atoms with van der Waals surface area (Å²) in [7, 11) is 0. The van der Waals surface area contributed by atoms with Crippen LogP contribution in [0.3, 0.4) is 0 Å². The van der Waals surface area contributed by atoms with Crippen LogP contribution in [0.1, 0.15) is 25.0 Å². The molecule has 1 aliphatic heterocycles. The first-order chi connectivity index (χ1) is 12.1. The molecule has 1 aromatic heterocycles. The molecule has 0 saturated heterocycles. The molecule has 0 saturated carbocycles. The second-order valence-electron chi connectivity index (χ2n) is 6.16. The largest absolute Gasteiger partial charge is 0.351 e. The van der Waals surface area contributed by atoms with E-state index < -0.39 is 0 Å². The van der Waals surface area contributed by atoms with E-state index in [0.29, 0.717) is 6.54 Å². The van der Waals surface area contributed by atoms with Gasteiger partial charge in [-0.3, -0.25) is 9.78 Å². The fraction of sp³-hybridized carbons (Fsp3) is 0.316. The summed E-state index contributed by atoms with van der Waals surface area (Å²) in [5.41, 5.74) is 3.27. The highest BCUT2D eigenvalue weighted by molar-refractivity contribution is 8.39. The molecule has 3 rings (SSSR count). The fourth-order valence-corrected chi connectivity index (χ4v) is 4.74. The Morgan fingerprint density at radius 3 is 2.88 bits per heavy atom. The number of rotatable bonds is 5. The highest BCUT2D eigenvalue weighted by Gasteiger charge is 2.26. The standard InChI is InChI=1S/C19H21N3OS2/c1-13(2)17(18(23)21-11-14-6-5-9-20-10-14)25-19-22-16-8-4-3-7-15(16)12-24-19/h3-10,13,17H,11-12H2,1-2H3,(H,21,23). The van der Waals surface area contributed by atoms with E-state index in [-0.39, 0.29) is 17.1 Å². The lowest BCUT2D eigenvalue weighted by Crippen LogP contribution is -2.36.